The maximum atomic E-state index is 12.5. The predicted molar refractivity (Wildman–Crippen MR) is 93.0 cm³/mol. The highest BCUT2D eigenvalue weighted by Gasteiger charge is 2.25. The van der Waals surface area contributed by atoms with Gasteiger partial charge < -0.3 is 5.73 Å². The maximum Gasteiger partial charge on any atom is 0.271 e. The van der Waals surface area contributed by atoms with Crippen LogP contribution in [0.2, 0.25) is 0 Å². The van der Waals surface area contributed by atoms with Gasteiger partial charge in [-0.25, -0.2) is 13.1 Å². The highest BCUT2D eigenvalue weighted by molar-refractivity contribution is 7.89. The summed E-state index contributed by atoms with van der Waals surface area (Å²) in [5.74, 6) is 0. The number of hydrogen-bond acceptors (Lipinski definition) is 5. The topological polar surface area (TPSA) is 115 Å². The molecule has 0 spiro atoms. The molecule has 0 radical (unpaired) electrons. The van der Waals surface area contributed by atoms with Crippen LogP contribution in [0.25, 0.3) is 11.1 Å². The number of sulfonamides is 1. The first-order valence-electron chi connectivity index (χ1n) is 7.17. The van der Waals surface area contributed by atoms with Crippen molar-refractivity contribution in [2.45, 2.75) is 31.2 Å². The summed E-state index contributed by atoms with van der Waals surface area (Å²) < 4.78 is 27.5. The van der Waals surface area contributed by atoms with Crippen LogP contribution in [0.4, 0.5) is 11.4 Å². The quantitative estimate of drug-likeness (QED) is 0.500. The number of nitro groups is 1. The third-order valence-electron chi connectivity index (χ3n) is 3.07. The summed E-state index contributed by atoms with van der Waals surface area (Å²) >= 11 is 0. The molecule has 0 aliphatic carbocycles. The van der Waals surface area contributed by atoms with Gasteiger partial charge in [-0.2, -0.15) is 0 Å². The van der Waals surface area contributed by atoms with Gasteiger partial charge in [0, 0.05) is 23.4 Å². The second-order valence-electron chi connectivity index (χ2n) is 6.45. The molecule has 0 heterocycles. The van der Waals surface area contributed by atoms with E-state index in [1.54, 1.807) is 45.0 Å². The SMILES string of the molecule is CC(C)(C)NS(=O)(=O)c1cc(-c2cccc(N)c2)cc([N+](=O)[O-])c1. The van der Waals surface area contributed by atoms with Crippen molar-refractivity contribution in [1.29, 1.82) is 0 Å². The number of nitrogen functional groups attached to an aromatic ring is 1. The van der Waals surface area contributed by atoms with Crippen LogP contribution in [0.15, 0.2) is 47.4 Å². The number of benzene rings is 2. The Morgan fingerprint density at radius 3 is 2.29 bits per heavy atom. The van der Waals surface area contributed by atoms with E-state index in [0.29, 0.717) is 16.8 Å². The van der Waals surface area contributed by atoms with Gasteiger partial charge in [0.1, 0.15) is 0 Å². The Hall–Kier alpha value is -2.45. The molecule has 0 amide bonds. The molecule has 8 heteroatoms. The molecule has 0 bridgehead atoms. The van der Waals surface area contributed by atoms with Gasteiger partial charge in [0.15, 0.2) is 0 Å². The normalized spacial score (nSPS) is 12.1. The van der Waals surface area contributed by atoms with Crippen LogP contribution in [0, 0.1) is 10.1 Å². The minimum absolute atomic E-state index is 0.163. The average molecular weight is 349 g/mol. The van der Waals surface area contributed by atoms with Crippen LogP contribution in [0.5, 0.6) is 0 Å². The van der Waals surface area contributed by atoms with Crippen molar-refractivity contribution in [3.63, 3.8) is 0 Å². The summed E-state index contributed by atoms with van der Waals surface area (Å²) in [4.78, 5) is 10.4. The van der Waals surface area contributed by atoms with E-state index in [1.165, 1.54) is 12.1 Å². The van der Waals surface area contributed by atoms with Gasteiger partial charge in [0.25, 0.3) is 5.69 Å². The molecule has 0 aliphatic rings. The summed E-state index contributed by atoms with van der Waals surface area (Å²) in [6.45, 7) is 5.09. The number of nitrogens with one attached hydrogen (secondary N) is 1. The van der Waals surface area contributed by atoms with Crippen molar-refractivity contribution >= 4 is 21.4 Å². The summed E-state index contributed by atoms with van der Waals surface area (Å²) in [7, 11) is -3.90. The molecule has 3 N–H and O–H groups in total. The molecule has 0 fully saturated rings. The van der Waals surface area contributed by atoms with Gasteiger partial charge >= 0.3 is 0 Å². The fourth-order valence-electron chi connectivity index (χ4n) is 2.19. The van der Waals surface area contributed by atoms with Crippen molar-refractivity contribution < 1.29 is 13.3 Å². The van der Waals surface area contributed by atoms with E-state index < -0.39 is 20.5 Å². The second kappa shape index (κ2) is 6.21. The Balaban J connectivity index is 2.64. The van der Waals surface area contributed by atoms with Crippen LogP contribution in [0.1, 0.15) is 20.8 Å². The van der Waals surface area contributed by atoms with Crippen molar-refractivity contribution in [2.24, 2.45) is 0 Å². The minimum atomic E-state index is -3.90. The molecule has 0 saturated carbocycles. The molecule has 2 rings (SSSR count). The fourth-order valence-corrected chi connectivity index (χ4v) is 3.67. The van der Waals surface area contributed by atoms with E-state index in [2.05, 4.69) is 4.72 Å². The van der Waals surface area contributed by atoms with Gasteiger partial charge in [0.05, 0.1) is 9.82 Å². The van der Waals surface area contributed by atoms with Crippen LogP contribution in [0.3, 0.4) is 0 Å². The van der Waals surface area contributed by atoms with Gasteiger partial charge in [-0.3, -0.25) is 10.1 Å². The highest BCUT2D eigenvalue weighted by Crippen LogP contribution is 2.29. The molecule has 24 heavy (non-hydrogen) atoms. The van der Waals surface area contributed by atoms with Gasteiger partial charge in [-0.05, 0) is 50.1 Å². The molecule has 7 nitrogen and oxygen atoms in total. The smallest absolute Gasteiger partial charge is 0.271 e. The number of hydrogen-bond donors (Lipinski definition) is 2. The molecule has 0 unspecified atom stereocenters. The van der Waals surface area contributed by atoms with Crippen molar-refractivity contribution in [3.05, 3.63) is 52.6 Å². The largest absolute Gasteiger partial charge is 0.399 e. The molecule has 2 aromatic rings. The molecule has 0 saturated heterocycles. The van der Waals surface area contributed by atoms with E-state index >= 15 is 0 Å². The fraction of sp³-hybridized carbons (Fsp3) is 0.250. The zero-order valence-corrected chi connectivity index (χ0v) is 14.4. The first kappa shape index (κ1) is 17.9. The molecule has 0 atom stereocenters. The number of nitrogens with two attached hydrogens (primary N) is 1. The Morgan fingerprint density at radius 1 is 1.08 bits per heavy atom. The van der Waals surface area contributed by atoms with E-state index in [9.17, 15) is 18.5 Å². The minimum Gasteiger partial charge on any atom is -0.399 e. The Labute approximate surface area is 140 Å². The highest BCUT2D eigenvalue weighted by atomic mass is 32.2. The lowest BCUT2D eigenvalue weighted by Gasteiger charge is -2.20. The zero-order valence-electron chi connectivity index (χ0n) is 13.6. The zero-order chi connectivity index (χ0) is 18.1. The lowest BCUT2D eigenvalue weighted by molar-refractivity contribution is -0.385. The lowest BCUT2D eigenvalue weighted by Crippen LogP contribution is -2.40. The predicted octanol–water partition coefficient (Wildman–Crippen LogP) is 2.92. The average Bonchev–Trinajstić information content (AvgIpc) is 2.44. The summed E-state index contributed by atoms with van der Waals surface area (Å²) in [5, 5.41) is 11.2. The van der Waals surface area contributed by atoms with Gasteiger partial charge in [-0.1, -0.05) is 12.1 Å². The monoisotopic (exact) mass is 349 g/mol. The van der Waals surface area contributed by atoms with Gasteiger partial charge in [0.2, 0.25) is 10.0 Å². The molecule has 2 aromatic carbocycles. The molecule has 128 valence electrons. The van der Waals surface area contributed by atoms with Crippen LogP contribution in [-0.4, -0.2) is 18.9 Å². The first-order valence-corrected chi connectivity index (χ1v) is 8.66. The number of anilines is 1. The number of rotatable bonds is 4. The van der Waals surface area contributed by atoms with E-state index in [4.69, 9.17) is 5.73 Å². The molecule has 0 aliphatic heterocycles. The van der Waals surface area contributed by atoms with Crippen molar-refractivity contribution in [1.82, 2.24) is 4.72 Å². The molecular formula is C16H19N3O4S. The Morgan fingerprint density at radius 2 is 1.75 bits per heavy atom. The van der Waals surface area contributed by atoms with Crippen molar-refractivity contribution in [2.75, 3.05) is 5.73 Å². The van der Waals surface area contributed by atoms with E-state index in [1.807, 2.05) is 0 Å². The molecule has 0 aromatic heterocycles. The molecular weight excluding hydrogens is 330 g/mol. The lowest BCUT2D eigenvalue weighted by atomic mass is 10.0. The Bertz CT molecular complexity index is 886. The first-order chi connectivity index (χ1) is 11.0. The van der Waals surface area contributed by atoms with Crippen LogP contribution < -0.4 is 10.5 Å². The van der Waals surface area contributed by atoms with Crippen LogP contribution in [-0.2, 0) is 10.0 Å². The second-order valence-corrected chi connectivity index (χ2v) is 8.14. The number of nitrogens with zero attached hydrogens (tertiary/aromatic N) is 1. The van der Waals surface area contributed by atoms with E-state index in [0.717, 1.165) is 6.07 Å². The van der Waals surface area contributed by atoms with Crippen molar-refractivity contribution in [3.8, 4) is 11.1 Å². The third kappa shape index (κ3) is 4.30. The standard InChI is InChI=1S/C16H19N3O4S/c1-16(2,3)18-24(22,23)15-9-12(8-14(10-15)19(20)21)11-5-4-6-13(17)7-11/h4-10,18H,17H2,1-3H3. The maximum absolute atomic E-state index is 12.5. The van der Waals surface area contributed by atoms with E-state index in [-0.39, 0.29) is 10.6 Å². The third-order valence-corrected chi connectivity index (χ3v) is 4.81. The Kier molecular flexibility index (Phi) is 4.63. The number of non-ortho nitro benzene ring substituents is 1. The summed E-state index contributed by atoms with van der Waals surface area (Å²) in [6.07, 6.45) is 0. The summed E-state index contributed by atoms with van der Waals surface area (Å²) in [6, 6.07) is 10.5. The number of nitro benzene ring substituents is 1. The van der Waals surface area contributed by atoms with Crippen LogP contribution >= 0.6 is 0 Å². The summed E-state index contributed by atoms with van der Waals surface area (Å²) in [5.41, 5.74) is 6.22. The van der Waals surface area contributed by atoms with Gasteiger partial charge in [-0.15, -0.1) is 0 Å².